The highest BCUT2D eigenvalue weighted by atomic mass is 16.3. The standard InChI is InChI=1S/C20H32O2/c1-15(12-14-21)8-11-19(22)17(3)9-10-18-16(2)7-6-13-20(18,4)5/h8,11-12,21-22H,6-7,9-10,13-14H2,1-5H3/b11-8-,15-12-,19-17-. The maximum absolute atomic E-state index is 10.1. The molecule has 2 N–H and O–H groups in total. The van der Waals surface area contributed by atoms with Gasteiger partial charge in [-0.25, -0.2) is 0 Å². The van der Waals surface area contributed by atoms with Crippen LogP contribution in [0, 0.1) is 5.41 Å². The molecule has 0 atom stereocenters. The lowest BCUT2D eigenvalue weighted by molar-refractivity contribution is 0.342. The molecule has 22 heavy (non-hydrogen) atoms. The predicted molar refractivity (Wildman–Crippen MR) is 94.9 cm³/mol. The summed E-state index contributed by atoms with van der Waals surface area (Å²) in [5.74, 6) is 0.345. The fourth-order valence-corrected chi connectivity index (χ4v) is 3.23. The van der Waals surface area contributed by atoms with Crippen LogP contribution in [0.1, 0.15) is 66.7 Å². The molecule has 0 aliphatic heterocycles. The van der Waals surface area contributed by atoms with E-state index in [0.29, 0.717) is 11.2 Å². The van der Waals surface area contributed by atoms with E-state index < -0.39 is 0 Å². The first-order chi connectivity index (χ1) is 10.3. The second-order valence-corrected chi connectivity index (χ2v) is 7.13. The monoisotopic (exact) mass is 304 g/mol. The molecule has 0 bridgehead atoms. The molecule has 0 unspecified atom stereocenters. The van der Waals surface area contributed by atoms with Gasteiger partial charge in [0.2, 0.25) is 0 Å². The molecule has 1 aliphatic rings. The van der Waals surface area contributed by atoms with Gasteiger partial charge in [-0.05, 0) is 69.9 Å². The minimum atomic E-state index is 0.0299. The van der Waals surface area contributed by atoms with E-state index in [4.69, 9.17) is 5.11 Å². The maximum Gasteiger partial charge on any atom is 0.114 e. The summed E-state index contributed by atoms with van der Waals surface area (Å²) in [5, 5.41) is 19.0. The summed E-state index contributed by atoms with van der Waals surface area (Å²) < 4.78 is 0. The molecule has 2 nitrogen and oxygen atoms in total. The molecule has 0 spiro atoms. The Morgan fingerprint density at radius 1 is 1.23 bits per heavy atom. The van der Waals surface area contributed by atoms with Gasteiger partial charge in [0, 0.05) is 0 Å². The third-order valence-corrected chi connectivity index (χ3v) is 4.79. The molecule has 124 valence electrons. The van der Waals surface area contributed by atoms with Crippen molar-refractivity contribution in [1.29, 1.82) is 0 Å². The molecule has 0 aromatic heterocycles. The lowest BCUT2D eigenvalue weighted by Crippen LogP contribution is -2.20. The molecule has 0 radical (unpaired) electrons. The van der Waals surface area contributed by atoms with Gasteiger partial charge in [0.15, 0.2) is 0 Å². The smallest absolute Gasteiger partial charge is 0.114 e. The van der Waals surface area contributed by atoms with Crippen LogP contribution in [0.5, 0.6) is 0 Å². The minimum Gasteiger partial charge on any atom is -0.508 e. The maximum atomic E-state index is 10.1. The van der Waals surface area contributed by atoms with Crippen LogP contribution >= 0.6 is 0 Å². The summed E-state index contributed by atoms with van der Waals surface area (Å²) in [5.41, 5.74) is 5.39. The van der Waals surface area contributed by atoms with Crippen LogP contribution in [0.4, 0.5) is 0 Å². The largest absolute Gasteiger partial charge is 0.508 e. The Morgan fingerprint density at radius 2 is 1.91 bits per heavy atom. The molecular weight excluding hydrogens is 272 g/mol. The average molecular weight is 304 g/mol. The second kappa shape index (κ2) is 8.38. The Morgan fingerprint density at radius 3 is 2.50 bits per heavy atom. The number of hydrogen-bond donors (Lipinski definition) is 2. The van der Waals surface area contributed by atoms with Crippen LogP contribution in [0.2, 0.25) is 0 Å². The fourth-order valence-electron chi connectivity index (χ4n) is 3.23. The van der Waals surface area contributed by atoms with Crippen LogP contribution < -0.4 is 0 Å². The van der Waals surface area contributed by atoms with Crippen molar-refractivity contribution in [3.05, 3.63) is 46.3 Å². The first-order valence-corrected chi connectivity index (χ1v) is 8.31. The van der Waals surface area contributed by atoms with Gasteiger partial charge in [-0.3, -0.25) is 0 Å². The van der Waals surface area contributed by atoms with E-state index in [1.807, 2.05) is 19.9 Å². The van der Waals surface area contributed by atoms with Gasteiger partial charge in [0.1, 0.15) is 5.76 Å². The summed E-state index contributed by atoms with van der Waals surface area (Å²) in [6, 6.07) is 0. The van der Waals surface area contributed by atoms with Crippen molar-refractivity contribution < 1.29 is 10.2 Å². The van der Waals surface area contributed by atoms with Gasteiger partial charge in [0.25, 0.3) is 0 Å². The molecule has 1 rings (SSSR count). The first-order valence-electron chi connectivity index (χ1n) is 8.31. The summed E-state index contributed by atoms with van der Waals surface area (Å²) in [7, 11) is 0. The van der Waals surface area contributed by atoms with Crippen molar-refractivity contribution in [2.45, 2.75) is 66.7 Å². The molecule has 0 fully saturated rings. The summed E-state index contributed by atoms with van der Waals surface area (Å²) in [4.78, 5) is 0. The third-order valence-electron chi connectivity index (χ3n) is 4.79. The number of rotatable bonds is 6. The van der Waals surface area contributed by atoms with Gasteiger partial charge < -0.3 is 10.2 Å². The van der Waals surface area contributed by atoms with Gasteiger partial charge in [0.05, 0.1) is 6.61 Å². The molecule has 0 amide bonds. The van der Waals surface area contributed by atoms with Crippen molar-refractivity contribution >= 4 is 0 Å². The molecule has 1 aliphatic carbocycles. The highest BCUT2D eigenvalue weighted by molar-refractivity contribution is 5.28. The zero-order valence-electron chi connectivity index (χ0n) is 14.9. The Hall–Kier alpha value is -1.28. The SMILES string of the molecule is CC1=C(CC/C(C)=C(O)/C=C\C(C)=C/CO)C(C)(C)CCC1. The van der Waals surface area contributed by atoms with Gasteiger partial charge in [-0.15, -0.1) is 0 Å². The molecular formula is C20H32O2. The van der Waals surface area contributed by atoms with Crippen molar-refractivity contribution in [1.82, 2.24) is 0 Å². The van der Waals surface area contributed by atoms with E-state index in [0.717, 1.165) is 24.0 Å². The Labute approximate surface area is 135 Å². The van der Waals surface area contributed by atoms with Crippen LogP contribution in [-0.2, 0) is 0 Å². The third kappa shape index (κ3) is 5.49. The highest BCUT2D eigenvalue weighted by Gasteiger charge is 2.27. The number of allylic oxidation sites excluding steroid dienone is 6. The van der Waals surface area contributed by atoms with Crippen LogP contribution in [0.15, 0.2) is 46.3 Å². The van der Waals surface area contributed by atoms with Crippen molar-refractivity contribution in [3.8, 4) is 0 Å². The van der Waals surface area contributed by atoms with Crippen molar-refractivity contribution in [2.24, 2.45) is 5.41 Å². The van der Waals surface area contributed by atoms with Gasteiger partial charge in [-0.1, -0.05) is 42.7 Å². The summed E-state index contributed by atoms with van der Waals surface area (Å²) in [6.45, 7) is 10.9. The average Bonchev–Trinajstić information content (AvgIpc) is 2.43. The topological polar surface area (TPSA) is 40.5 Å². The summed E-state index contributed by atoms with van der Waals surface area (Å²) >= 11 is 0. The van der Waals surface area contributed by atoms with Gasteiger partial charge in [-0.2, -0.15) is 0 Å². The van der Waals surface area contributed by atoms with Crippen LogP contribution in [0.3, 0.4) is 0 Å². The quantitative estimate of drug-likeness (QED) is 0.380. The Bertz CT molecular complexity index is 502. The van der Waals surface area contributed by atoms with Gasteiger partial charge >= 0.3 is 0 Å². The second-order valence-electron chi connectivity index (χ2n) is 7.13. The molecule has 0 saturated heterocycles. The van der Waals surface area contributed by atoms with E-state index in [9.17, 15) is 5.11 Å². The van der Waals surface area contributed by atoms with Crippen LogP contribution in [0.25, 0.3) is 0 Å². The van der Waals surface area contributed by atoms with E-state index in [2.05, 4.69) is 20.8 Å². The zero-order valence-corrected chi connectivity index (χ0v) is 14.9. The molecule has 0 aromatic carbocycles. The predicted octanol–water partition coefficient (Wildman–Crippen LogP) is 5.62. The normalized spacial score (nSPS) is 20.5. The van der Waals surface area contributed by atoms with Crippen molar-refractivity contribution in [2.75, 3.05) is 6.61 Å². The molecule has 0 saturated carbocycles. The van der Waals surface area contributed by atoms with Crippen molar-refractivity contribution in [3.63, 3.8) is 0 Å². The first kappa shape index (κ1) is 18.8. The molecule has 0 aromatic rings. The Kier molecular flexibility index (Phi) is 7.15. The lowest BCUT2D eigenvalue weighted by Gasteiger charge is -2.35. The number of aliphatic hydroxyl groups excluding tert-OH is 2. The van der Waals surface area contributed by atoms with E-state index in [1.54, 1.807) is 23.3 Å². The highest BCUT2D eigenvalue weighted by Crippen LogP contribution is 2.42. The van der Waals surface area contributed by atoms with E-state index >= 15 is 0 Å². The van der Waals surface area contributed by atoms with E-state index in [-0.39, 0.29) is 6.61 Å². The fraction of sp³-hybridized carbons (Fsp3) is 0.600. The number of hydrogen-bond acceptors (Lipinski definition) is 2. The Balaban J connectivity index is 2.74. The molecule has 2 heteroatoms. The van der Waals surface area contributed by atoms with Crippen LogP contribution in [-0.4, -0.2) is 16.8 Å². The zero-order chi connectivity index (χ0) is 16.8. The number of aliphatic hydroxyl groups is 2. The minimum absolute atomic E-state index is 0.0299. The summed E-state index contributed by atoms with van der Waals surface area (Å²) in [6.07, 6.45) is 11.0. The lowest BCUT2D eigenvalue weighted by atomic mass is 9.71. The van der Waals surface area contributed by atoms with E-state index in [1.165, 1.54) is 19.3 Å². The molecule has 0 heterocycles.